The Balaban J connectivity index is 2.28. The fourth-order valence-corrected chi connectivity index (χ4v) is 4.56. The Morgan fingerprint density at radius 3 is 2.33 bits per heavy atom. The Hall–Kier alpha value is -1.21. The minimum Gasteiger partial charge on any atom is -0.399 e. The minimum absolute atomic E-state index is 0.143. The highest BCUT2D eigenvalue weighted by Crippen LogP contribution is 2.35. The number of anilines is 1. The first-order valence-corrected chi connectivity index (χ1v) is 8.51. The molecule has 1 aromatic carbocycles. The summed E-state index contributed by atoms with van der Waals surface area (Å²) in [6, 6.07) is 1.33. The highest BCUT2D eigenvalue weighted by Gasteiger charge is 2.36. The molecule has 7 heteroatoms. The lowest BCUT2D eigenvalue weighted by atomic mass is 9.94. The van der Waals surface area contributed by atoms with Gasteiger partial charge in [-0.25, -0.2) is 21.9 Å². The lowest BCUT2D eigenvalue weighted by Crippen LogP contribution is -2.38. The number of halogens is 2. The van der Waals surface area contributed by atoms with Crippen molar-refractivity contribution in [1.29, 1.82) is 0 Å². The normalized spacial score (nSPS) is 26.2. The van der Waals surface area contributed by atoms with Crippen molar-refractivity contribution in [2.75, 3.05) is 5.73 Å². The number of rotatable bonds is 4. The van der Waals surface area contributed by atoms with Gasteiger partial charge in [-0.2, -0.15) is 0 Å². The molecule has 4 nitrogen and oxygen atoms in total. The molecule has 0 radical (unpaired) electrons. The Morgan fingerprint density at radius 2 is 1.86 bits per heavy atom. The molecule has 3 unspecified atom stereocenters. The monoisotopic (exact) mass is 318 g/mol. The molecule has 0 aromatic heterocycles. The molecular weight excluding hydrogens is 298 g/mol. The summed E-state index contributed by atoms with van der Waals surface area (Å²) in [7, 11) is -4.24. The lowest BCUT2D eigenvalue weighted by Gasteiger charge is -2.21. The minimum atomic E-state index is -4.24. The predicted molar refractivity (Wildman–Crippen MR) is 77.1 cm³/mol. The standard InChI is InChI=1S/C14H20F2N2O2S/c1-3-9-4-5-13(8(9)2)18-21(19,20)14-11(15)6-10(17)7-12(14)16/h6-9,13,18H,3-5,17H2,1-2H3. The smallest absolute Gasteiger partial charge is 0.246 e. The molecule has 0 heterocycles. The van der Waals surface area contributed by atoms with Crippen molar-refractivity contribution in [2.24, 2.45) is 11.8 Å². The number of nitrogens with one attached hydrogen (secondary N) is 1. The van der Waals surface area contributed by atoms with Crippen LogP contribution in [0.25, 0.3) is 0 Å². The van der Waals surface area contributed by atoms with E-state index >= 15 is 0 Å². The van der Waals surface area contributed by atoms with Gasteiger partial charge in [0, 0.05) is 11.7 Å². The summed E-state index contributed by atoms with van der Waals surface area (Å²) in [6.07, 6.45) is 2.55. The van der Waals surface area contributed by atoms with E-state index in [9.17, 15) is 17.2 Å². The second-order valence-corrected chi connectivity index (χ2v) is 7.30. The summed E-state index contributed by atoms with van der Waals surface area (Å²) in [6.45, 7) is 4.02. The van der Waals surface area contributed by atoms with Gasteiger partial charge in [0.25, 0.3) is 0 Å². The molecule has 0 saturated heterocycles. The number of hydrogen-bond acceptors (Lipinski definition) is 3. The van der Waals surface area contributed by atoms with Crippen LogP contribution in [-0.2, 0) is 10.0 Å². The molecule has 1 saturated carbocycles. The van der Waals surface area contributed by atoms with Crippen LogP contribution >= 0.6 is 0 Å². The van der Waals surface area contributed by atoms with Crippen molar-refractivity contribution >= 4 is 15.7 Å². The van der Waals surface area contributed by atoms with E-state index in [0.29, 0.717) is 12.3 Å². The van der Waals surface area contributed by atoms with Crippen molar-refractivity contribution in [3.05, 3.63) is 23.8 Å². The van der Waals surface area contributed by atoms with Gasteiger partial charge in [0.15, 0.2) is 4.90 Å². The van der Waals surface area contributed by atoms with E-state index in [1.54, 1.807) is 0 Å². The van der Waals surface area contributed by atoms with Gasteiger partial charge in [0.1, 0.15) is 11.6 Å². The summed E-state index contributed by atoms with van der Waals surface area (Å²) in [5.41, 5.74) is 5.15. The molecular formula is C14H20F2N2O2S. The first kappa shape index (κ1) is 16.2. The second kappa shape index (κ2) is 5.88. The molecule has 1 aromatic rings. The van der Waals surface area contributed by atoms with E-state index in [4.69, 9.17) is 5.73 Å². The van der Waals surface area contributed by atoms with E-state index in [1.165, 1.54) is 0 Å². The topological polar surface area (TPSA) is 72.2 Å². The van der Waals surface area contributed by atoms with Crippen LogP contribution in [0.5, 0.6) is 0 Å². The molecule has 1 fully saturated rings. The van der Waals surface area contributed by atoms with Crippen LogP contribution in [-0.4, -0.2) is 14.5 Å². The summed E-state index contributed by atoms with van der Waals surface area (Å²) >= 11 is 0. The zero-order valence-electron chi connectivity index (χ0n) is 12.1. The average Bonchev–Trinajstić information content (AvgIpc) is 2.68. The molecule has 1 aliphatic rings. The van der Waals surface area contributed by atoms with Crippen molar-refractivity contribution in [3.8, 4) is 0 Å². The first-order chi connectivity index (χ1) is 9.76. The number of benzene rings is 1. The highest BCUT2D eigenvalue weighted by atomic mass is 32.2. The maximum absolute atomic E-state index is 13.8. The van der Waals surface area contributed by atoms with Crippen molar-refractivity contribution in [3.63, 3.8) is 0 Å². The summed E-state index contributed by atoms with van der Waals surface area (Å²) in [4.78, 5) is -0.955. The SMILES string of the molecule is CCC1CCC(NS(=O)(=O)c2c(F)cc(N)cc2F)C1C. The quantitative estimate of drug-likeness (QED) is 0.838. The third-order valence-corrected chi connectivity index (χ3v) is 5.89. The van der Waals surface area contributed by atoms with Crippen LogP contribution in [0.1, 0.15) is 33.1 Å². The summed E-state index contributed by atoms with van der Waals surface area (Å²) in [5, 5.41) is 0. The molecule has 118 valence electrons. The molecule has 3 atom stereocenters. The van der Waals surface area contributed by atoms with Gasteiger partial charge in [-0.15, -0.1) is 0 Å². The van der Waals surface area contributed by atoms with Crippen molar-refractivity contribution in [2.45, 2.75) is 44.0 Å². The Morgan fingerprint density at radius 1 is 1.29 bits per heavy atom. The van der Waals surface area contributed by atoms with Gasteiger partial charge in [0.2, 0.25) is 10.0 Å². The molecule has 0 aliphatic heterocycles. The Kier molecular flexibility index (Phi) is 4.53. The van der Waals surface area contributed by atoms with E-state index in [1.807, 2.05) is 6.92 Å². The van der Waals surface area contributed by atoms with Crippen LogP contribution in [0, 0.1) is 23.5 Å². The fourth-order valence-electron chi connectivity index (χ4n) is 3.08. The van der Waals surface area contributed by atoms with E-state index in [0.717, 1.165) is 25.0 Å². The van der Waals surface area contributed by atoms with Gasteiger partial charge in [-0.05, 0) is 36.8 Å². The van der Waals surface area contributed by atoms with Crippen LogP contribution in [0.3, 0.4) is 0 Å². The first-order valence-electron chi connectivity index (χ1n) is 7.03. The molecule has 0 bridgehead atoms. The van der Waals surface area contributed by atoms with Gasteiger partial charge < -0.3 is 5.73 Å². The van der Waals surface area contributed by atoms with Gasteiger partial charge in [-0.1, -0.05) is 20.3 Å². The number of hydrogen-bond donors (Lipinski definition) is 2. The average molecular weight is 318 g/mol. The van der Waals surface area contributed by atoms with Crippen LogP contribution < -0.4 is 10.5 Å². The third kappa shape index (κ3) is 3.18. The molecule has 2 rings (SSSR count). The maximum atomic E-state index is 13.8. The molecule has 1 aliphatic carbocycles. The number of nitrogens with two attached hydrogens (primary N) is 1. The van der Waals surface area contributed by atoms with E-state index < -0.39 is 26.6 Å². The zero-order chi connectivity index (χ0) is 15.8. The molecule has 0 amide bonds. The zero-order valence-corrected chi connectivity index (χ0v) is 12.9. The van der Waals surface area contributed by atoms with Gasteiger partial charge in [-0.3, -0.25) is 0 Å². The van der Waals surface area contributed by atoms with Crippen LogP contribution in [0.2, 0.25) is 0 Å². The largest absolute Gasteiger partial charge is 0.399 e. The molecule has 0 spiro atoms. The maximum Gasteiger partial charge on any atom is 0.246 e. The number of nitrogen functional groups attached to an aromatic ring is 1. The fraction of sp³-hybridized carbons (Fsp3) is 0.571. The second-order valence-electron chi connectivity index (χ2n) is 5.65. The lowest BCUT2D eigenvalue weighted by molar-refractivity contribution is 0.368. The van der Waals surface area contributed by atoms with Gasteiger partial charge >= 0.3 is 0 Å². The third-order valence-electron chi connectivity index (χ3n) is 4.35. The predicted octanol–water partition coefficient (Wildman–Crippen LogP) is 2.65. The summed E-state index contributed by atoms with van der Waals surface area (Å²) in [5.74, 6) is -1.76. The summed E-state index contributed by atoms with van der Waals surface area (Å²) < 4.78 is 54.5. The van der Waals surface area contributed by atoms with Crippen LogP contribution in [0.15, 0.2) is 17.0 Å². The molecule has 21 heavy (non-hydrogen) atoms. The van der Waals surface area contributed by atoms with Crippen molar-refractivity contribution in [1.82, 2.24) is 4.72 Å². The number of sulfonamides is 1. The van der Waals surface area contributed by atoms with Gasteiger partial charge in [0.05, 0.1) is 0 Å². The van der Waals surface area contributed by atoms with Crippen molar-refractivity contribution < 1.29 is 17.2 Å². The Bertz CT molecular complexity index is 611. The highest BCUT2D eigenvalue weighted by molar-refractivity contribution is 7.89. The van der Waals surface area contributed by atoms with Crippen LogP contribution in [0.4, 0.5) is 14.5 Å². The Labute approximate surface area is 123 Å². The van der Waals surface area contributed by atoms with E-state index in [2.05, 4.69) is 11.6 Å². The molecule has 3 N–H and O–H groups in total. The van der Waals surface area contributed by atoms with E-state index in [-0.39, 0.29) is 17.6 Å².